The summed E-state index contributed by atoms with van der Waals surface area (Å²) < 4.78 is 17.8. The Morgan fingerprint density at radius 1 is 0.903 bits per heavy atom. The van der Waals surface area contributed by atoms with E-state index in [4.69, 9.17) is 13.9 Å². The molecule has 0 N–H and O–H groups in total. The lowest BCUT2D eigenvalue weighted by molar-refractivity contribution is 0.174. The Morgan fingerprint density at radius 2 is 1.55 bits per heavy atom. The van der Waals surface area contributed by atoms with Gasteiger partial charge in [-0.15, -0.1) is 0 Å². The van der Waals surface area contributed by atoms with E-state index in [1.807, 2.05) is 72.8 Å². The Labute approximate surface area is 187 Å². The Bertz CT molecular complexity index is 1320. The maximum Gasteiger partial charge on any atom is 0.238 e. The normalized spacial score (nSPS) is 12.3. The van der Waals surface area contributed by atoms with Gasteiger partial charge in [0.15, 0.2) is 11.5 Å². The first-order valence-corrected chi connectivity index (χ1v) is 10.3. The number of hydrogen-bond acceptors (Lipinski definition) is 5. The van der Waals surface area contributed by atoms with E-state index < -0.39 is 0 Å². The van der Waals surface area contributed by atoms with Gasteiger partial charge in [-0.25, -0.2) is 4.99 Å². The molecule has 0 atom stereocenters. The van der Waals surface area contributed by atoms with E-state index in [1.54, 1.807) is 6.21 Å². The molecule has 1 aromatic heterocycles. The number of ether oxygens (including phenoxy) is 2. The Hall–Kier alpha value is -3.82. The van der Waals surface area contributed by atoms with Crippen LogP contribution < -0.4 is 9.47 Å². The molecule has 1 aliphatic heterocycles. The van der Waals surface area contributed by atoms with Gasteiger partial charge in [0.05, 0.1) is 0 Å². The quantitative estimate of drug-likeness (QED) is 0.310. The van der Waals surface area contributed by atoms with Crippen LogP contribution in [0.2, 0.25) is 0 Å². The molecule has 0 bridgehead atoms. The highest BCUT2D eigenvalue weighted by molar-refractivity contribution is 9.10. The third-order valence-corrected chi connectivity index (χ3v) is 5.60. The lowest BCUT2D eigenvalue weighted by Crippen LogP contribution is -1.92. The number of furan rings is 1. The van der Waals surface area contributed by atoms with Crippen molar-refractivity contribution in [3.63, 3.8) is 0 Å². The number of nitrogens with zero attached hydrogens (tertiary/aromatic N) is 2. The molecule has 5 rings (SSSR count). The smallest absolute Gasteiger partial charge is 0.238 e. The molecule has 0 amide bonds. The number of nitriles is 1. The molecule has 1 aliphatic rings. The lowest BCUT2D eigenvalue weighted by Gasteiger charge is -2.03. The zero-order valence-electron chi connectivity index (χ0n) is 16.2. The predicted octanol–water partition coefficient (Wildman–Crippen LogP) is 6.73. The molecule has 150 valence electrons. The zero-order chi connectivity index (χ0) is 21.2. The number of benzene rings is 3. The number of halogens is 1. The minimum Gasteiger partial charge on any atom is -0.454 e. The molecule has 5 nitrogen and oxygen atoms in total. The van der Waals surface area contributed by atoms with Crippen LogP contribution in [0, 0.1) is 11.3 Å². The zero-order valence-corrected chi connectivity index (χ0v) is 17.8. The summed E-state index contributed by atoms with van der Waals surface area (Å²) in [5.74, 6) is 2.20. The van der Waals surface area contributed by atoms with E-state index >= 15 is 0 Å². The van der Waals surface area contributed by atoms with Crippen LogP contribution in [0.4, 0.5) is 5.88 Å². The summed E-state index contributed by atoms with van der Waals surface area (Å²) in [7, 11) is 0. The fourth-order valence-electron chi connectivity index (χ4n) is 3.45. The number of fused-ring (bicyclic) bond motifs is 1. The van der Waals surface area contributed by atoms with Gasteiger partial charge in [-0.1, -0.05) is 60.7 Å². The van der Waals surface area contributed by atoms with Gasteiger partial charge in [0.25, 0.3) is 0 Å². The van der Waals surface area contributed by atoms with Crippen LogP contribution in [0.3, 0.4) is 0 Å². The van der Waals surface area contributed by atoms with Crippen LogP contribution in [0.1, 0.15) is 11.1 Å². The molecule has 0 saturated heterocycles. The Morgan fingerprint density at radius 3 is 2.23 bits per heavy atom. The highest BCUT2D eigenvalue weighted by Gasteiger charge is 2.23. The van der Waals surface area contributed by atoms with Gasteiger partial charge in [-0.05, 0) is 33.6 Å². The van der Waals surface area contributed by atoms with Crippen molar-refractivity contribution in [2.45, 2.75) is 0 Å². The summed E-state index contributed by atoms with van der Waals surface area (Å²) in [5.41, 5.74) is 3.67. The Kier molecular flexibility index (Phi) is 5.03. The van der Waals surface area contributed by atoms with Crippen molar-refractivity contribution in [3.8, 4) is 40.0 Å². The standard InChI is InChI=1S/C25H15BrN2O3/c26-20-12-22-21(29-15-30-22)11-18(20)14-28-25-19(13-27)23(16-7-3-1-4-8-16)24(31-25)17-9-5-2-6-10-17/h1-12,14H,15H2/b28-14+. The summed E-state index contributed by atoms with van der Waals surface area (Å²) in [4.78, 5) is 4.53. The van der Waals surface area contributed by atoms with Gasteiger partial charge in [-0.3, -0.25) is 0 Å². The van der Waals surface area contributed by atoms with Gasteiger partial charge in [-0.2, -0.15) is 5.26 Å². The molecule has 0 fully saturated rings. The highest BCUT2D eigenvalue weighted by atomic mass is 79.9. The summed E-state index contributed by atoms with van der Waals surface area (Å²) in [6.07, 6.45) is 1.65. The molecule has 4 aromatic rings. The van der Waals surface area contributed by atoms with Crippen molar-refractivity contribution >= 4 is 28.0 Å². The van der Waals surface area contributed by atoms with Gasteiger partial charge in [0, 0.05) is 27.4 Å². The molecule has 3 aromatic carbocycles. The fourth-order valence-corrected chi connectivity index (χ4v) is 3.87. The highest BCUT2D eigenvalue weighted by Crippen LogP contribution is 2.43. The average molecular weight is 471 g/mol. The van der Waals surface area contributed by atoms with E-state index in [1.165, 1.54) is 0 Å². The Balaban J connectivity index is 1.64. The minimum absolute atomic E-state index is 0.194. The molecule has 0 unspecified atom stereocenters. The van der Waals surface area contributed by atoms with Crippen LogP contribution in [0.5, 0.6) is 11.5 Å². The molecule has 2 heterocycles. The first kappa shape index (κ1) is 19.2. The van der Waals surface area contributed by atoms with E-state index in [9.17, 15) is 5.26 Å². The van der Waals surface area contributed by atoms with Crippen molar-refractivity contribution in [3.05, 3.63) is 88.4 Å². The second-order valence-electron chi connectivity index (χ2n) is 6.82. The topological polar surface area (TPSA) is 67.8 Å². The molecule has 0 radical (unpaired) electrons. The number of rotatable bonds is 4. The summed E-state index contributed by atoms with van der Waals surface area (Å²) in [5, 5.41) is 9.97. The predicted molar refractivity (Wildman–Crippen MR) is 122 cm³/mol. The van der Waals surface area contributed by atoms with Gasteiger partial charge in [0.2, 0.25) is 12.7 Å². The second-order valence-corrected chi connectivity index (χ2v) is 7.67. The monoisotopic (exact) mass is 470 g/mol. The maximum atomic E-state index is 9.97. The molecule has 0 saturated carbocycles. The number of aliphatic imine (C=N–C) groups is 1. The largest absolute Gasteiger partial charge is 0.454 e. The van der Waals surface area contributed by atoms with Crippen LogP contribution in [0.25, 0.3) is 22.5 Å². The minimum atomic E-state index is 0.194. The van der Waals surface area contributed by atoms with Gasteiger partial charge >= 0.3 is 0 Å². The third kappa shape index (κ3) is 3.60. The SMILES string of the molecule is N#Cc1c(/N=C/c2cc3c(cc2Br)OCO3)oc(-c2ccccc2)c1-c1ccccc1. The van der Waals surface area contributed by atoms with Gasteiger partial charge < -0.3 is 13.9 Å². The summed E-state index contributed by atoms with van der Waals surface area (Å²) >= 11 is 3.53. The van der Waals surface area contributed by atoms with Crippen LogP contribution in [-0.2, 0) is 0 Å². The lowest BCUT2D eigenvalue weighted by atomic mass is 9.98. The fraction of sp³-hybridized carbons (Fsp3) is 0.0400. The molecule has 6 heteroatoms. The molecule has 0 spiro atoms. The summed E-state index contributed by atoms with van der Waals surface area (Å²) in [6, 6.07) is 25.4. The van der Waals surface area contributed by atoms with Crippen molar-refractivity contribution in [2.75, 3.05) is 6.79 Å². The molecular formula is C25H15BrN2O3. The van der Waals surface area contributed by atoms with Crippen molar-refractivity contribution < 1.29 is 13.9 Å². The molecule has 0 aliphatic carbocycles. The van der Waals surface area contributed by atoms with E-state index in [0.717, 1.165) is 26.7 Å². The van der Waals surface area contributed by atoms with E-state index in [2.05, 4.69) is 27.0 Å². The van der Waals surface area contributed by atoms with Crippen LogP contribution >= 0.6 is 15.9 Å². The average Bonchev–Trinajstić information content (AvgIpc) is 3.42. The first-order valence-electron chi connectivity index (χ1n) is 9.55. The third-order valence-electron chi connectivity index (χ3n) is 4.91. The van der Waals surface area contributed by atoms with Crippen molar-refractivity contribution in [1.82, 2.24) is 0 Å². The van der Waals surface area contributed by atoms with E-state index in [0.29, 0.717) is 22.8 Å². The second kappa shape index (κ2) is 8.13. The van der Waals surface area contributed by atoms with Crippen molar-refractivity contribution in [1.29, 1.82) is 5.26 Å². The summed E-state index contributed by atoms with van der Waals surface area (Å²) in [6.45, 7) is 0.194. The van der Waals surface area contributed by atoms with Crippen LogP contribution in [0.15, 0.2) is 86.7 Å². The van der Waals surface area contributed by atoms with Crippen LogP contribution in [-0.4, -0.2) is 13.0 Å². The first-order chi connectivity index (χ1) is 15.2. The van der Waals surface area contributed by atoms with E-state index in [-0.39, 0.29) is 12.7 Å². The van der Waals surface area contributed by atoms with Crippen molar-refractivity contribution in [2.24, 2.45) is 4.99 Å². The van der Waals surface area contributed by atoms with Gasteiger partial charge in [0.1, 0.15) is 17.4 Å². The molecule has 31 heavy (non-hydrogen) atoms. The number of hydrogen-bond donors (Lipinski definition) is 0. The maximum absolute atomic E-state index is 9.97. The molecular weight excluding hydrogens is 456 g/mol.